The van der Waals surface area contributed by atoms with Crippen molar-refractivity contribution in [2.45, 2.75) is 135 Å². The van der Waals surface area contributed by atoms with Gasteiger partial charge in [-0.05, 0) is 72.3 Å². The molecule has 1 unspecified atom stereocenters. The van der Waals surface area contributed by atoms with Crippen LogP contribution in [0, 0.1) is 28.1 Å². The summed E-state index contributed by atoms with van der Waals surface area (Å²) in [7, 11) is -2.44. The average molecular weight is 758 g/mol. The molecule has 1 aromatic heterocycles. The van der Waals surface area contributed by atoms with E-state index >= 15 is 0 Å². The Morgan fingerprint density at radius 1 is 1.02 bits per heavy atom. The van der Waals surface area contributed by atoms with Crippen LogP contribution in [0.3, 0.4) is 0 Å². The molecule has 294 valence electrons. The summed E-state index contributed by atoms with van der Waals surface area (Å²) < 4.78 is 27.9. The van der Waals surface area contributed by atoms with Gasteiger partial charge in [-0.3, -0.25) is 24.2 Å². The fraction of sp³-hybridized carbons (Fsp3) is 0.737. The van der Waals surface area contributed by atoms with Gasteiger partial charge < -0.3 is 26.2 Å². The summed E-state index contributed by atoms with van der Waals surface area (Å²) in [6, 6.07) is -1.10. The van der Waals surface area contributed by atoms with E-state index in [0.29, 0.717) is 19.4 Å². The first-order valence-corrected chi connectivity index (χ1v) is 20.6. The van der Waals surface area contributed by atoms with Gasteiger partial charge in [0.25, 0.3) is 5.91 Å². The molecule has 3 aliphatic carbocycles. The second-order valence-electron chi connectivity index (χ2n) is 17.6. The summed E-state index contributed by atoms with van der Waals surface area (Å²) in [5.74, 6) is -2.32. The van der Waals surface area contributed by atoms with Gasteiger partial charge in [-0.15, -0.1) is 0 Å². The second-order valence-corrected chi connectivity index (χ2v) is 19.7. The second kappa shape index (κ2) is 15.3. The number of piperidine rings is 1. The van der Waals surface area contributed by atoms with Crippen LogP contribution in [-0.2, 0) is 29.2 Å². The molecule has 14 nitrogen and oxygen atoms in total. The molecule has 5 rings (SSSR count). The maximum atomic E-state index is 14.8. The van der Waals surface area contributed by atoms with Crippen molar-refractivity contribution in [1.82, 2.24) is 35.5 Å². The number of hydrogen-bond acceptors (Lipinski definition) is 8. The minimum Gasteiger partial charge on any atom is -0.347 e. The number of nitrogens with zero attached hydrogens (tertiary/aromatic N) is 3. The Bertz CT molecular complexity index is 1670. The van der Waals surface area contributed by atoms with E-state index in [2.05, 4.69) is 40.1 Å². The number of urea groups is 1. The lowest BCUT2D eigenvalue weighted by molar-refractivity contribution is -0.146. The van der Waals surface area contributed by atoms with Gasteiger partial charge in [0.05, 0.1) is 6.04 Å². The highest BCUT2D eigenvalue weighted by molar-refractivity contribution is 7.89. The molecule has 4 fully saturated rings. The Morgan fingerprint density at radius 3 is 2.25 bits per heavy atom. The molecule has 6 atom stereocenters. The molecule has 3 saturated carbocycles. The summed E-state index contributed by atoms with van der Waals surface area (Å²) in [4.78, 5) is 74.1. The van der Waals surface area contributed by atoms with Crippen LogP contribution < -0.4 is 21.3 Å². The van der Waals surface area contributed by atoms with Crippen molar-refractivity contribution >= 4 is 39.6 Å². The molecule has 4 N–H and O–H groups in total. The number of likely N-dealkylation sites (tertiary alicyclic amines) is 1. The van der Waals surface area contributed by atoms with Gasteiger partial charge in [0.2, 0.25) is 27.6 Å². The van der Waals surface area contributed by atoms with E-state index in [-0.39, 0.29) is 47.1 Å². The molecule has 0 bridgehead atoms. The minimum absolute atomic E-state index is 0.00197. The van der Waals surface area contributed by atoms with Crippen LogP contribution in [-0.4, -0.2) is 102 Å². The molecular formula is C38H59N7O7S. The predicted octanol–water partition coefficient (Wildman–Crippen LogP) is 2.98. The molecule has 0 aromatic carbocycles. The number of carbonyl (C=O) groups is 5. The van der Waals surface area contributed by atoms with E-state index in [1.54, 1.807) is 17.9 Å². The number of likely N-dealkylation sites (N-methyl/N-ethyl adjacent to an activating group) is 1. The molecule has 0 radical (unpaired) electrons. The average Bonchev–Trinajstić information content (AvgIpc) is 3.96. The summed E-state index contributed by atoms with van der Waals surface area (Å²) in [6.07, 6.45) is 8.83. The largest absolute Gasteiger partial charge is 0.347 e. The van der Waals surface area contributed by atoms with Gasteiger partial charge in [0.15, 0.2) is 0 Å². The van der Waals surface area contributed by atoms with Crippen molar-refractivity contribution in [3.63, 3.8) is 0 Å². The van der Waals surface area contributed by atoms with Crippen LogP contribution in [0.15, 0.2) is 29.4 Å². The van der Waals surface area contributed by atoms with E-state index in [9.17, 15) is 32.4 Å². The van der Waals surface area contributed by atoms with Crippen molar-refractivity contribution in [1.29, 1.82) is 0 Å². The fourth-order valence-corrected chi connectivity index (χ4v) is 9.47. The zero-order chi connectivity index (χ0) is 39.1. The van der Waals surface area contributed by atoms with Crippen LogP contribution in [0.2, 0.25) is 0 Å². The van der Waals surface area contributed by atoms with E-state index < -0.39 is 68.6 Å². The molecule has 1 aliphatic heterocycles. The third-order valence-corrected chi connectivity index (χ3v) is 14.1. The van der Waals surface area contributed by atoms with Gasteiger partial charge in [-0.25, -0.2) is 13.2 Å². The topological polar surface area (TPSA) is 187 Å². The summed E-state index contributed by atoms with van der Waals surface area (Å²) in [5.41, 5.74) is -1.38. The lowest BCUT2D eigenvalue weighted by Crippen LogP contribution is -2.63. The number of hydrogen-bond donors (Lipinski definition) is 4. The Kier molecular flexibility index (Phi) is 11.7. The molecule has 0 spiro atoms. The lowest BCUT2D eigenvalue weighted by Gasteiger charge is -2.43. The first-order valence-electron chi connectivity index (χ1n) is 19.1. The Balaban J connectivity index is 1.36. The standard InChI is InChI=1S/C38H59N7O7S/c1-9-26(30(46)33(48)40-23-15-16-23)41-32(47)29-28-25(37(28,5)6)21-45(29)34(49)31(38(7)17-11-10-12-18-38)43-35(50)42-27(36(2,3)4)22-44(8)53(51,52)24-14-13-19-39-20-24/h13-14,19-20,23,25-29,31H,9-12,15-18,21-22H2,1-8H3,(H,40,48)(H,41,47)(H2,42,43,50)/t25-,26?,27+,28-,29-,31+/m0/s1. The van der Waals surface area contributed by atoms with E-state index in [1.165, 1.54) is 29.8 Å². The fourth-order valence-electron chi connectivity index (χ4n) is 8.32. The van der Waals surface area contributed by atoms with Gasteiger partial charge >= 0.3 is 6.03 Å². The van der Waals surface area contributed by atoms with Crippen LogP contribution in [0.5, 0.6) is 0 Å². The SMILES string of the molecule is CCC(NC(=O)[C@@H]1[C@@H]2[C@H](CN1C(=O)[C@@H](NC(=O)N[C@H](CN(C)S(=O)(=O)c1cccnc1)C(C)(C)C)C1(C)CCCCC1)C2(C)C)C(=O)C(=O)NC1CC1. The Hall–Kier alpha value is -3.59. The molecule has 53 heavy (non-hydrogen) atoms. The summed E-state index contributed by atoms with van der Waals surface area (Å²) in [5, 5.41) is 11.5. The van der Waals surface area contributed by atoms with Gasteiger partial charge in [0, 0.05) is 44.6 Å². The third-order valence-electron chi connectivity index (χ3n) is 12.3. The minimum atomic E-state index is -3.90. The first-order chi connectivity index (χ1) is 24.7. The van der Waals surface area contributed by atoms with Crippen molar-refractivity contribution in [3.05, 3.63) is 24.5 Å². The number of carbonyl (C=O) groups excluding carboxylic acids is 5. The number of nitrogens with one attached hydrogen (secondary N) is 4. The lowest BCUT2D eigenvalue weighted by atomic mass is 9.70. The van der Waals surface area contributed by atoms with E-state index in [1.807, 2.05) is 27.7 Å². The predicted molar refractivity (Wildman–Crippen MR) is 199 cm³/mol. The number of aromatic nitrogens is 1. The molecule has 1 aromatic rings. The maximum absolute atomic E-state index is 14.8. The number of rotatable bonds is 14. The molecule has 4 aliphatic rings. The van der Waals surface area contributed by atoms with E-state index in [4.69, 9.17) is 0 Å². The Morgan fingerprint density at radius 2 is 1.68 bits per heavy atom. The number of ketones is 1. The molecule has 5 amide bonds. The molecule has 2 heterocycles. The van der Waals surface area contributed by atoms with Gasteiger partial charge in [-0.2, -0.15) is 4.31 Å². The van der Waals surface area contributed by atoms with Gasteiger partial charge in [-0.1, -0.05) is 67.7 Å². The zero-order valence-corrected chi connectivity index (χ0v) is 33.3. The normalized spacial score (nSPS) is 25.0. The highest BCUT2D eigenvalue weighted by Gasteiger charge is 2.70. The Labute approximate surface area is 314 Å². The first kappa shape index (κ1) is 40.6. The highest BCUT2D eigenvalue weighted by atomic mass is 32.2. The van der Waals surface area contributed by atoms with Crippen LogP contribution in [0.4, 0.5) is 4.79 Å². The monoisotopic (exact) mass is 757 g/mol. The smallest absolute Gasteiger partial charge is 0.315 e. The van der Waals surface area contributed by atoms with Gasteiger partial charge in [0.1, 0.15) is 17.0 Å². The van der Waals surface area contributed by atoms with Crippen molar-refractivity contribution in [2.24, 2.45) is 28.1 Å². The van der Waals surface area contributed by atoms with Crippen molar-refractivity contribution < 1.29 is 32.4 Å². The zero-order valence-electron chi connectivity index (χ0n) is 32.5. The van der Waals surface area contributed by atoms with E-state index in [0.717, 1.165) is 32.1 Å². The number of amides is 5. The summed E-state index contributed by atoms with van der Waals surface area (Å²) >= 11 is 0. The van der Waals surface area contributed by atoms with Crippen LogP contribution >= 0.6 is 0 Å². The van der Waals surface area contributed by atoms with Crippen molar-refractivity contribution in [3.8, 4) is 0 Å². The van der Waals surface area contributed by atoms with Crippen molar-refractivity contribution in [2.75, 3.05) is 20.1 Å². The number of Topliss-reactive ketones (excluding diaryl/α,β-unsaturated/α-hetero) is 1. The third kappa shape index (κ3) is 8.71. The maximum Gasteiger partial charge on any atom is 0.315 e. The van der Waals surface area contributed by atoms with Crippen LogP contribution in [0.1, 0.15) is 99.8 Å². The number of fused-ring (bicyclic) bond motifs is 1. The summed E-state index contributed by atoms with van der Waals surface area (Å²) in [6.45, 7) is 13.9. The molecular weight excluding hydrogens is 699 g/mol. The quantitative estimate of drug-likeness (QED) is 0.209. The van der Waals surface area contributed by atoms with Crippen LogP contribution in [0.25, 0.3) is 0 Å². The molecule has 15 heteroatoms. The molecule has 1 saturated heterocycles. The highest BCUT2D eigenvalue weighted by Crippen LogP contribution is 2.65. The number of sulfonamides is 1. The number of pyridine rings is 1.